The molecule has 4 heterocycles. The van der Waals surface area contributed by atoms with Crippen LogP contribution in [0.4, 0.5) is 4.39 Å². The number of carbonyl (C=O) groups is 1. The van der Waals surface area contributed by atoms with Crippen LogP contribution in [0.3, 0.4) is 0 Å². The van der Waals surface area contributed by atoms with Crippen molar-refractivity contribution < 1.29 is 9.18 Å². The molecule has 2 saturated heterocycles. The zero-order chi connectivity index (χ0) is 22.4. The van der Waals surface area contributed by atoms with Gasteiger partial charge in [-0.3, -0.25) is 9.80 Å². The maximum atomic E-state index is 14.1. The van der Waals surface area contributed by atoms with Gasteiger partial charge in [-0.1, -0.05) is 6.07 Å². The second-order valence-electron chi connectivity index (χ2n) is 9.27. The van der Waals surface area contributed by atoms with Crippen LogP contribution in [-0.4, -0.2) is 64.3 Å². The van der Waals surface area contributed by atoms with Crippen LogP contribution in [0.25, 0.3) is 0 Å². The van der Waals surface area contributed by atoms with Crippen LogP contribution >= 0.6 is 0 Å². The number of rotatable bonds is 2. The van der Waals surface area contributed by atoms with E-state index in [0.29, 0.717) is 17.7 Å². The van der Waals surface area contributed by atoms with E-state index < -0.39 is 0 Å². The van der Waals surface area contributed by atoms with Crippen LogP contribution in [0.2, 0.25) is 0 Å². The monoisotopic (exact) mass is 438 g/mol. The molecule has 0 saturated carbocycles. The second-order valence-corrected chi connectivity index (χ2v) is 9.27. The summed E-state index contributed by atoms with van der Waals surface area (Å²) in [6.07, 6.45) is 8.09. The summed E-state index contributed by atoms with van der Waals surface area (Å²) in [7, 11) is 0. The number of nitrogens with zero attached hydrogens (tertiary/aromatic N) is 4. The van der Waals surface area contributed by atoms with Crippen molar-refractivity contribution in [1.29, 1.82) is 0 Å². The average Bonchev–Trinajstić information content (AvgIpc) is 3.40. The van der Waals surface area contributed by atoms with Crippen molar-refractivity contribution in [3.63, 3.8) is 0 Å². The van der Waals surface area contributed by atoms with Gasteiger partial charge in [-0.05, 0) is 63.3 Å². The van der Waals surface area contributed by atoms with Gasteiger partial charge >= 0.3 is 0 Å². The second kappa shape index (κ2) is 8.33. The van der Waals surface area contributed by atoms with Gasteiger partial charge < -0.3 is 15.5 Å². The van der Waals surface area contributed by atoms with E-state index in [9.17, 15) is 9.18 Å². The maximum absolute atomic E-state index is 14.1. The molecule has 32 heavy (non-hydrogen) atoms. The number of nitrogens with two attached hydrogens (primary N) is 1. The van der Waals surface area contributed by atoms with E-state index in [1.165, 1.54) is 6.07 Å². The van der Waals surface area contributed by atoms with Crippen molar-refractivity contribution in [2.45, 2.75) is 57.7 Å². The SMILES string of the molecule is CC1=CN2NC(C3CCCCN3C(=O)c3cccc(F)c3C)C=C2N=C1N1CCC(N)C1. The van der Waals surface area contributed by atoms with Gasteiger partial charge in [0.2, 0.25) is 0 Å². The Kier molecular flexibility index (Phi) is 5.51. The van der Waals surface area contributed by atoms with E-state index in [0.717, 1.165) is 56.0 Å². The van der Waals surface area contributed by atoms with E-state index in [1.807, 2.05) is 9.91 Å². The molecule has 0 spiro atoms. The van der Waals surface area contributed by atoms with Crippen LogP contribution in [0.5, 0.6) is 0 Å². The van der Waals surface area contributed by atoms with Gasteiger partial charge in [0.1, 0.15) is 17.5 Å². The topological polar surface area (TPSA) is 77.2 Å². The molecular formula is C24H31FN6O. The Morgan fingerprint density at radius 3 is 2.84 bits per heavy atom. The third-order valence-electron chi connectivity index (χ3n) is 7.01. The molecule has 3 unspecified atom stereocenters. The summed E-state index contributed by atoms with van der Waals surface area (Å²) in [5, 5.41) is 1.96. The molecule has 5 rings (SSSR count). The van der Waals surface area contributed by atoms with Crippen molar-refractivity contribution in [3.8, 4) is 0 Å². The Bertz CT molecular complexity index is 1020. The van der Waals surface area contributed by atoms with Gasteiger partial charge in [-0.15, -0.1) is 0 Å². The Labute approximate surface area is 188 Å². The van der Waals surface area contributed by atoms with Gasteiger partial charge in [0.05, 0.1) is 12.1 Å². The molecule has 1 amide bonds. The Morgan fingerprint density at radius 2 is 2.06 bits per heavy atom. The summed E-state index contributed by atoms with van der Waals surface area (Å²) in [4.78, 5) is 22.5. The Balaban J connectivity index is 1.39. The molecule has 170 valence electrons. The molecule has 4 aliphatic rings. The minimum absolute atomic E-state index is 0.00965. The molecule has 4 aliphatic heterocycles. The third-order valence-corrected chi connectivity index (χ3v) is 7.01. The van der Waals surface area contributed by atoms with Gasteiger partial charge in [-0.2, -0.15) is 0 Å². The highest BCUT2D eigenvalue weighted by molar-refractivity contribution is 5.99. The number of fused-ring (bicyclic) bond motifs is 1. The molecule has 1 aromatic carbocycles. The fourth-order valence-electron chi connectivity index (χ4n) is 5.22. The average molecular weight is 439 g/mol. The summed E-state index contributed by atoms with van der Waals surface area (Å²) < 4.78 is 14.1. The molecule has 2 fully saturated rings. The number of hydrogen-bond donors (Lipinski definition) is 2. The highest BCUT2D eigenvalue weighted by Crippen LogP contribution is 2.30. The lowest BCUT2D eigenvalue weighted by molar-refractivity contribution is 0.0560. The van der Waals surface area contributed by atoms with Gasteiger partial charge in [0.15, 0.2) is 0 Å². The number of amides is 1. The first-order valence-electron chi connectivity index (χ1n) is 11.5. The smallest absolute Gasteiger partial charge is 0.254 e. The van der Waals surface area contributed by atoms with E-state index in [4.69, 9.17) is 10.7 Å². The van der Waals surface area contributed by atoms with Crippen molar-refractivity contribution in [2.24, 2.45) is 10.7 Å². The first kappa shape index (κ1) is 21.2. The molecule has 7 nitrogen and oxygen atoms in total. The van der Waals surface area contributed by atoms with Gasteiger partial charge in [0, 0.05) is 43.0 Å². The molecular weight excluding hydrogens is 407 g/mol. The summed E-state index contributed by atoms with van der Waals surface area (Å²) in [5.41, 5.74) is 11.6. The number of likely N-dealkylation sites (tertiary alicyclic amines) is 2. The van der Waals surface area contributed by atoms with Crippen molar-refractivity contribution in [1.82, 2.24) is 20.2 Å². The largest absolute Gasteiger partial charge is 0.355 e. The number of halogens is 1. The summed E-state index contributed by atoms with van der Waals surface area (Å²) >= 11 is 0. The molecule has 1 aromatic rings. The number of hydrogen-bond acceptors (Lipinski definition) is 6. The molecule has 3 N–H and O–H groups in total. The Hall–Kier alpha value is -2.71. The van der Waals surface area contributed by atoms with Gasteiger partial charge in [0.25, 0.3) is 5.91 Å². The molecule has 0 bridgehead atoms. The number of nitrogens with one attached hydrogen (secondary N) is 1. The van der Waals surface area contributed by atoms with Gasteiger partial charge in [-0.25, -0.2) is 14.8 Å². The van der Waals surface area contributed by atoms with E-state index >= 15 is 0 Å². The number of carbonyl (C=O) groups excluding carboxylic acids is 1. The van der Waals surface area contributed by atoms with Crippen LogP contribution in [0.1, 0.15) is 48.5 Å². The predicted molar refractivity (Wildman–Crippen MR) is 122 cm³/mol. The lowest BCUT2D eigenvalue weighted by atomic mass is 9.94. The minimum Gasteiger partial charge on any atom is -0.355 e. The lowest BCUT2D eigenvalue weighted by Crippen LogP contribution is -2.54. The molecule has 0 aromatic heterocycles. The molecule has 3 atom stereocenters. The van der Waals surface area contributed by atoms with Crippen molar-refractivity contribution >= 4 is 11.7 Å². The lowest BCUT2D eigenvalue weighted by Gasteiger charge is -2.39. The number of benzene rings is 1. The number of amidine groups is 1. The van der Waals surface area contributed by atoms with E-state index in [2.05, 4.69) is 29.5 Å². The quantitative estimate of drug-likeness (QED) is 0.742. The summed E-state index contributed by atoms with van der Waals surface area (Å²) in [6, 6.07) is 4.87. The predicted octanol–water partition coefficient (Wildman–Crippen LogP) is 2.51. The molecule has 0 aliphatic carbocycles. The highest BCUT2D eigenvalue weighted by atomic mass is 19.1. The zero-order valence-corrected chi connectivity index (χ0v) is 18.7. The summed E-state index contributed by atoms with van der Waals surface area (Å²) in [6.45, 7) is 6.17. The van der Waals surface area contributed by atoms with Crippen LogP contribution in [0, 0.1) is 12.7 Å². The van der Waals surface area contributed by atoms with E-state index in [-0.39, 0.29) is 29.8 Å². The molecule has 0 radical (unpaired) electrons. The zero-order valence-electron chi connectivity index (χ0n) is 18.7. The standard InChI is InChI=1S/C24H31FN6O/c1-15-13-31-22(27-23(15)29-11-9-17(26)14-29)12-20(28-31)21-8-3-4-10-30(21)24(32)18-6-5-7-19(25)16(18)2/h5-7,12-13,17,20-21,28H,3-4,8-11,14,26H2,1-2H3. The van der Waals surface area contributed by atoms with Crippen molar-refractivity contribution in [3.05, 3.63) is 58.8 Å². The Morgan fingerprint density at radius 1 is 1.22 bits per heavy atom. The number of hydrazine groups is 1. The number of aliphatic imine (C=N–C) groups is 1. The fraction of sp³-hybridized carbons (Fsp3) is 0.500. The maximum Gasteiger partial charge on any atom is 0.254 e. The molecule has 8 heteroatoms. The highest BCUT2D eigenvalue weighted by Gasteiger charge is 2.38. The van der Waals surface area contributed by atoms with E-state index in [1.54, 1.807) is 19.1 Å². The minimum atomic E-state index is -0.341. The third kappa shape index (κ3) is 3.71. The first-order valence-corrected chi connectivity index (χ1v) is 11.5. The normalized spacial score (nSPS) is 27.8. The first-order chi connectivity index (χ1) is 15.4. The van der Waals surface area contributed by atoms with Crippen LogP contribution in [0.15, 0.2) is 46.9 Å². The van der Waals surface area contributed by atoms with Crippen molar-refractivity contribution in [2.75, 3.05) is 19.6 Å². The van der Waals surface area contributed by atoms with Crippen LogP contribution < -0.4 is 11.2 Å². The van der Waals surface area contributed by atoms with Crippen LogP contribution in [-0.2, 0) is 0 Å². The fourth-order valence-corrected chi connectivity index (χ4v) is 5.22. The number of piperidine rings is 1. The summed E-state index contributed by atoms with van der Waals surface area (Å²) in [5.74, 6) is 1.40.